The van der Waals surface area contributed by atoms with Gasteiger partial charge in [-0.15, -0.1) is 0 Å². The van der Waals surface area contributed by atoms with E-state index in [0.717, 1.165) is 11.1 Å². The van der Waals surface area contributed by atoms with Gasteiger partial charge in [-0.3, -0.25) is 14.5 Å². The molecule has 8 heteroatoms. The smallest absolute Gasteiger partial charge is 0.319 e. The summed E-state index contributed by atoms with van der Waals surface area (Å²) in [6.45, 7) is 1.03. The van der Waals surface area contributed by atoms with Crippen molar-refractivity contribution >= 4 is 23.5 Å². The van der Waals surface area contributed by atoms with Crippen molar-refractivity contribution in [3.8, 4) is 0 Å². The van der Waals surface area contributed by atoms with Crippen molar-refractivity contribution in [2.24, 2.45) is 0 Å². The van der Waals surface area contributed by atoms with Gasteiger partial charge in [-0.05, 0) is 35.7 Å². The first-order valence-corrected chi connectivity index (χ1v) is 9.26. The minimum Gasteiger partial charge on any atom is -0.392 e. The second-order valence-electron chi connectivity index (χ2n) is 6.65. The predicted octanol–water partition coefficient (Wildman–Crippen LogP) is 2.13. The zero-order chi connectivity index (χ0) is 20.8. The molecule has 0 radical (unpaired) electrons. The highest BCUT2D eigenvalue weighted by atomic mass is 16.5. The van der Waals surface area contributed by atoms with Crippen LogP contribution in [-0.4, -0.2) is 48.1 Å². The molecule has 4 amide bonds. The van der Waals surface area contributed by atoms with Gasteiger partial charge in [0, 0.05) is 32.5 Å². The summed E-state index contributed by atoms with van der Waals surface area (Å²) in [4.78, 5) is 38.3. The number of carbonyl (C=O) groups is 3. The van der Waals surface area contributed by atoms with Crippen LogP contribution in [0.5, 0.6) is 0 Å². The molecule has 1 aliphatic heterocycles. The predicted molar refractivity (Wildman–Crippen MR) is 107 cm³/mol. The molecule has 1 aliphatic rings. The number of ether oxygens (including phenoxy) is 1. The Morgan fingerprint density at radius 1 is 1.03 bits per heavy atom. The highest BCUT2D eigenvalue weighted by molar-refractivity contribution is 6.21. The maximum absolute atomic E-state index is 12.5. The normalized spacial score (nSPS) is 12.8. The van der Waals surface area contributed by atoms with Crippen LogP contribution in [0.25, 0.3) is 0 Å². The number of anilines is 1. The standard InChI is InChI=1S/C21H23N3O5/c1-29-10-2-9-24-19(26)17-8-7-16(11-18(17)20(24)27)23-21(28)22-12-14-3-5-15(13-25)6-4-14/h3-8,11,25H,2,9-10,12-13H2,1H3,(H2,22,23,28). The van der Waals surface area contributed by atoms with Crippen LogP contribution < -0.4 is 10.6 Å². The average molecular weight is 397 g/mol. The number of nitrogens with zero attached hydrogens (tertiary/aromatic N) is 1. The molecule has 0 saturated carbocycles. The van der Waals surface area contributed by atoms with E-state index in [1.165, 1.54) is 11.0 Å². The third kappa shape index (κ3) is 4.79. The van der Waals surface area contributed by atoms with Crippen molar-refractivity contribution in [3.63, 3.8) is 0 Å². The van der Waals surface area contributed by atoms with Gasteiger partial charge in [-0.1, -0.05) is 24.3 Å². The first-order chi connectivity index (χ1) is 14.0. The van der Waals surface area contributed by atoms with Crippen LogP contribution >= 0.6 is 0 Å². The van der Waals surface area contributed by atoms with Crippen molar-refractivity contribution in [2.45, 2.75) is 19.6 Å². The Kier molecular flexibility index (Phi) is 6.58. The third-order valence-electron chi connectivity index (χ3n) is 4.62. The summed E-state index contributed by atoms with van der Waals surface area (Å²) >= 11 is 0. The maximum Gasteiger partial charge on any atom is 0.319 e. The number of amides is 4. The van der Waals surface area contributed by atoms with Crippen LogP contribution in [0.3, 0.4) is 0 Å². The van der Waals surface area contributed by atoms with Crippen LogP contribution in [-0.2, 0) is 17.9 Å². The van der Waals surface area contributed by atoms with Crippen LogP contribution in [0.4, 0.5) is 10.5 Å². The summed E-state index contributed by atoms with van der Waals surface area (Å²) in [7, 11) is 1.56. The van der Waals surface area contributed by atoms with Gasteiger partial charge < -0.3 is 20.5 Å². The molecule has 0 saturated heterocycles. The molecule has 1 heterocycles. The van der Waals surface area contributed by atoms with Crippen molar-refractivity contribution in [1.82, 2.24) is 10.2 Å². The molecule has 3 rings (SSSR count). The Hall–Kier alpha value is -3.23. The maximum atomic E-state index is 12.5. The van der Waals surface area contributed by atoms with E-state index >= 15 is 0 Å². The minimum atomic E-state index is -0.426. The molecule has 0 atom stereocenters. The zero-order valence-electron chi connectivity index (χ0n) is 16.1. The van der Waals surface area contributed by atoms with Gasteiger partial charge in [0.1, 0.15) is 0 Å². The highest BCUT2D eigenvalue weighted by Gasteiger charge is 2.35. The highest BCUT2D eigenvalue weighted by Crippen LogP contribution is 2.26. The van der Waals surface area contributed by atoms with E-state index < -0.39 is 6.03 Å². The van der Waals surface area contributed by atoms with E-state index in [1.807, 2.05) is 12.1 Å². The molecule has 29 heavy (non-hydrogen) atoms. The Labute approximate surface area is 168 Å². The van der Waals surface area contributed by atoms with Crippen LogP contribution in [0.2, 0.25) is 0 Å². The number of fused-ring (bicyclic) bond motifs is 1. The number of aliphatic hydroxyl groups is 1. The van der Waals surface area contributed by atoms with Gasteiger partial charge in [0.05, 0.1) is 17.7 Å². The fourth-order valence-electron chi connectivity index (χ4n) is 3.06. The fourth-order valence-corrected chi connectivity index (χ4v) is 3.06. The van der Waals surface area contributed by atoms with Gasteiger partial charge in [-0.25, -0.2) is 4.79 Å². The lowest BCUT2D eigenvalue weighted by molar-refractivity contribution is 0.0638. The van der Waals surface area contributed by atoms with E-state index in [-0.39, 0.29) is 24.0 Å². The summed E-state index contributed by atoms with van der Waals surface area (Å²) in [6.07, 6.45) is 0.564. The number of imide groups is 1. The molecule has 0 unspecified atom stereocenters. The number of carbonyl (C=O) groups excluding carboxylic acids is 3. The minimum absolute atomic E-state index is 0.0302. The van der Waals surface area contributed by atoms with Crippen molar-refractivity contribution in [1.29, 1.82) is 0 Å². The monoisotopic (exact) mass is 397 g/mol. The SMILES string of the molecule is COCCCN1C(=O)c2ccc(NC(=O)NCc3ccc(CO)cc3)cc2C1=O. The molecular weight excluding hydrogens is 374 g/mol. The Morgan fingerprint density at radius 2 is 1.72 bits per heavy atom. The molecule has 0 spiro atoms. The number of hydrogen-bond donors (Lipinski definition) is 3. The summed E-state index contributed by atoms with van der Waals surface area (Å²) in [5, 5.41) is 14.5. The van der Waals surface area contributed by atoms with Crippen LogP contribution in [0.1, 0.15) is 38.3 Å². The van der Waals surface area contributed by atoms with Gasteiger partial charge >= 0.3 is 6.03 Å². The van der Waals surface area contributed by atoms with Gasteiger partial charge in [-0.2, -0.15) is 0 Å². The second kappa shape index (κ2) is 9.31. The van der Waals surface area contributed by atoms with E-state index in [1.54, 1.807) is 31.4 Å². The molecular formula is C21H23N3O5. The van der Waals surface area contributed by atoms with E-state index in [2.05, 4.69) is 10.6 Å². The fraction of sp³-hybridized carbons (Fsp3) is 0.286. The van der Waals surface area contributed by atoms with Gasteiger partial charge in [0.25, 0.3) is 11.8 Å². The lowest BCUT2D eigenvalue weighted by atomic mass is 10.1. The summed E-state index contributed by atoms with van der Waals surface area (Å²) in [6, 6.07) is 11.5. The van der Waals surface area contributed by atoms with Gasteiger partial charge in [0.2, 0.25) is 0 Å². The van der Waals surface area contributed by atoms with E-state index in [9.17, 15) is 14.4 Å². The number of urea groups is 1. The van der Waals surface area contributed by atoms with Crippen molar-refractivity contribution in [3.05, 3.63) is 64.7 Å². The summed E-state index contributed by atoms with van der Waals surface area (Å²) in [5.41, 5.74) is 2.73. The Morgan fingerprint density at radius 3 is 2.41 bits per heavy atom. The molecule has 2 aromatic rings. The summed E-state index contributed by atoms with van der Waals surface area (Å²) in [5.74, 6) is -0.697. The van der Waals surface area contributed by atoms with Crippen LogP contribution in [0, 0.1) is 0 Å². The summed E-state index contributed by atoms with van der Waals surface area (Å²) < 4.78 is 4.96. The number of methoxy groups -OCH3 is 1. The molecule has 0 aliphatic carbocycles. The quantitative estimate of drug-likeness (QED) is 0.467. The number of hydrogen-bond acceptors (Lipinski definition) is 5. The van der Waals surface area contributed by atoms with Gasteiger partial charge in [0.15, 0.2) is 0 Å². The molecule has 152 valence electrons. The Bertz CT molecular complexity index is 911. The Balaban J connectivity index is 1.59. The third-order valence-corrected chi connectivity index (χ3v) is 4.62. The van der Waals surface area contributed by atoms with Crippen molar-refractivity contribution < 1.29 is 24.2 Å². The lowest BCUT2D eigenvalue weighted by Gasteiger charge is -2.12. The number of rotatable bonds is 8. The second-order valence-corrected chi connectivity index (χ2v) is 6.65. The van der Waals surface area contributed by atoms with Crippen molar-refractivity contribution in [2.75, 3.05) is 25.6 Å². The average Bonchev–Trinajstić information content (AvgIpc) is 2.97. The topological polar surface area (TPSA) is 108 Å². The van der Waals surface area contributed by atoms with E-state index in [0.29, 0.717) is 37.4 Å². The number of aliphatic hydroxyl groups excluding tert-OH is 1. The van der Waals surface area contributed by atoms with E-state index in [4.69, 9.17) is 9.84 Å². The van der Waals surface area contributed by atoms with Crippen LogP contribution in [0.15, 0.2) is 42.5 Å². The lowest BCUT2D eigenvalue weighted by Crippen LogP contribution is -2.31. The largest absolute Gasteiger partial charge is 0.392 e. The molecule has 8 nitrogen and oxygen atoms in total. The number of benzene rings is 2. The molecule has 0 aromatic heterocycles. The molecule has 2 aromatic carbocycles. The molecule has 0 fully saturated rings. The zero-order valence-corrected chi connectivity index (χ0v) is 16.1. The molecule has 0 bridgehead atoms. The first-order valence-electron chi connectivity index (χ1n) is 9.26. The first kappa shape index (κ1) is 20.5. The number of nitrogens with one attached hydrogen (secondary N) is 2. The molecule has 3 N–H and O–H groups in total.